The maximum atomic E-state index is 11.0. The molecule has 1 rings (SSSR count). The van der Waals surface area contributed by atoms with Gasteiger partial charge in [0.15, 0.2) is 0 Å². The molecule has 1 aliphatic carbocycles. The van der Waals surface area contributed by atoms with E-state index in [2.05, 4.69) is 20.4 Å². The van der Waals surface area contributed by atoms with Gasteiger partial charge < -0.3 is 0 Å². The molecule has 0 aromatic heterocycles. The summed E-state index contributed by atoms with van der Waals surface area (Å²) in [5.41, 5.74) is 2.34. The number of hydrogen-bond acceptors (Lipinski definition) is 1. The third-order valence-electron chi connectivity index (χ3n) is 3.10. The average molecular weight is 178 g/mol. The average Bonchev–Trinajstić information content (AvgIpc) is 2.04. The van der Waals surface area contributed by atoms with E-state index in [0.717, 1.165) is 31.1 Å². The van der Waals surface area contributed by atoms with Crippen molar-refractivity contribution in [3.05, 3.63) is 23.8 Å². The van der Waals surface area contributed by atoms with Crippen LogP contribution in [0.5, 0.6) is 0 Å². The molecule has 0 fully saturated rings. The van der Waals surface area contributed by atoms with Crippen LogP contribution >= 0.6 is 0 Å². The van der Waals surface area contributed by atoms with Crippen molar-refractivity contribution >= 4 is 6.29 Å². The number of carbonyl (C=O) groups is 1. The van der Waals surface area contributed by atoms with Gasteiger partial charge in [-0.1, -0.05) is 18.6 Å². The summed E-state index contributed by atoms with van der Waals surface area (Å²) < 4.78 is 0. The first kappa shape index (κ1) is 10.2. The number of aldehydes is 1. The number of carbonyl (C=O) groups excluding carboxylic acids is 1. The molecule has 0 heterocycles. The maximum absolute atomic E-state index is 11.0. The minimum Gasteiger partial charge on any atom is -0.298 e. The van der Waals surface area contributed by atoms with Gasteiger partial charge in [0, 0.05) is 0 Å². The Kier molecular flexibility index (Phi) is 3.07. The lowest BCUT2D eigenvalue weighted by Gasteiger charge is -2.34. The smallest absolute Gasteiger partial charge is 0.146 e. The molecule has 0 radical (unpaired) electrons. The number of rotatable bonds is 3. The molecule has 0 saturated heterocycles. The highest BCUT2D eigenvalue weighted by Gasteiger charge is 2.31. The molecule has 1 unspecified atom stereocenters. The Bertz CT molecular complexity index is 250. The number of hydrogen-bond donors (Lipinski definition) is 0. The second-order valence-corrected chi connectivity index (χ2v) is 4.22. The van der Waals surface area contributed by atoms with Gasteiger partial charge in [0.2, 0.25) is 0 Å². The van der Waals surface area contributed by atoms with E-state index in [1.54, 1.807) is 0 Å². The lowest BCUT2D eigenvalue weighted by Crippen LogP contribution is -2.24. The Hall–Kier alpha value is -0.850. The van der Waals surface area contributed by atoms with Crippen LogP contribution < -0.4 is 0 Å². The Morgan fingerprint density at radius 2 is 2.31 bits per heavy atom. The largest absolute Gasteiger partial charge is 0.298 e. The zero-order valence-electron chi connectivity index (χ0n) is 8.60. The Morgan fingerprint density at radius 3 is 2.85 bits per heavy atom. The van der Waals surface area contributed by atoms with Crippen molar-refractivity contribution in [3.63, 3.8) is 0 Å². The Morgan fingerprint density at radius 1 is 1.62 bits per heavy atom. The van der Waals surface area contributed by atoms with Crippen molar-refractivity contribution in [2.45, 2.75) is 39.5 Å². The van der Waals surface area contributed by atoms with Crippen molar-refractivity contribution in [1.82, 2.24) is 0 Å². The fourth-order valence-corrected chi connectivity index (χ4v) is 2.30. The first-order valence-corrected chi connectivity index (χ1v) is 4.90. The van der Waals surface area contributed by atoms with Gasteiger partial charge in [-0.05, 0) is 43.6 Å². The van der Waals surface area contributed by atoms with Gasteiger partial charge in [-0.3, -0.25) is 4.79 Å². The molecule has 1 heteroatoms. The van der Waals surface area contributed by atoms with Crippen LogP contribution in [-0.4, -0.2) is 6.29 Å². The molecule has 0 aromatic carbocycles. The van der Waals surface area contributed by atoms with Crippen LogP contribution in [0.4, 0.5) is 0 Å². The zero-order valence-corrected chi connectivity index (χ0v) is 8.60. The topological polar surface area (TPSA) is 17.1 Å². The predicted octanol–water partition coefficient (Wildman–Crippen LogP) is 3.27. The Labute approximate surface area is 80.5 Å². The van der Waals surface area contributed by atoms with E-state index < -0.39 is 0 Å². The van der Waals surface area contributed by atoms with Crippen LogP contribution in [0.15, 0.2) is 23.8 Å². The molecule has 72 valence electrons. The molecule has 1 nitrogen and oxygen atoms in total. The lowest BCUT2D eigenvalue weighted by atomic mass is 9.70. The maximum Gasteiger partial charge on any atom is 0.146 e. The standard InChI is InChI=1S/C12H18O/c1-4-7-12(3)8-5-6-10(2)11(12)9-13/h4,9H,1,5-8H2,2-3H3. The first-order chi connectivity index (χ1) is 6.14. The summed E-state index contributed by atoms with van der Waals surface area (Å²) in [6.07, 6.45) is 7.28. The van der Waals surface area contributed by atoms with E-state index in [-0.39, 0.29) is 5.41 Å². The van der Waals surface area contributed by atoms with E-state index in [4.69, 9.17) is 0 Å². The molecule has 0 bridgehead atoms. The Balaban J connectivity index is 3.01. The van der Waals surface area contributed by atoms with Crippen molar-refractivity contribution in [3.8, 4) is 0 Å². The molecule has 0 saturated carbocycles. The second kappa shape index (κ2) is 3.91. The van der Waals surface area contributed by atoms with Gasteiger partial charge in [-0.2, -0.15) is 0 Å². The van der Waals surface area contributed by atoms with Crippen LogP contribution in [0.25, 0.3) is 0 Å². The van der Waals surface area contributed by atoms with E-state index in [0.29, 0.717) is 0 Å². The fourth-order valence-electron chi connectivity index (χ4n) is 2.30. The highest BCUT2D eigenvalue weighted by atomic mass is 16.1. The lowest BCUT2D eigenvalue weighted by molar-refractivity contribution is -0.106. The zero-order chi connectivity index (χ0) is 9.90. The van der Waals surface area contributed by atoms with Gasteiger partial charge in [0.05, 0.1) is 0 Å². The van der Waals surface area contributed by atoms with Crippen LogP contribution in [0.1, 0.15) is 39.5 Å². The van der Waals surface area contributed by atoms with E-state index in [1.165, 1.54) is 12.0 Å². The SMILES string of the molecule is C=CCC1(C)CCCC(C)=C1C=O. The molecule has 1 atom stereocenters. The third kappa shape index (κ3) is 1.90. The minimum atomic E-state index is 0.0613. The summed E-state index contributed by atoms with van der Waals surface area (Å²) in [6, 6.07) is 0. The highest BCUT2D eigenvalue weighted by Crippen LogP contribution is 2.42. The van der Waals surface area contributed by atoms with Gasteiger partial charge in [-0.15, -0.1) is 6.58 Å². The van der Waals surface area contributed by atoms with Gasteiger partial charge >= 0.3 is 0 Å². The van der Waals surface area contributed by atoms with E-state index in [9.17, 15) is 4.79 Å². The molecule has 0 spiro atoms. The molecule has 0 N–H and O–H groups in total. The third-order valence-corrected chi connectivity index (χ3v) is 3.10. The van der Waals surface area contributed by atoms with Crippen LogP contribution in [0.3, 0.4) is 0 Å². The molecule has 0 aliphatic heterocycles. The van der Waals surface area contributed by atoms with Crippen LogP contribution in [-0.2, 0) is 4.79 Å². The summed E-state index contributed by atoms with van der Waals surface area (Å²) >= 11 is 0. The van der Waals surface area contributed by atoms with Crippen molar-refractivity contribution in [2.24, 2.45) is 5.41 Å². The molecule has 13 heavy (non-hydrogen) atoms. The molecule has 0 amide bonds. The van der Waals surface area contributed by atoms with Gasteiger partial charge in [-0.25, -0.2) is 0 Å². The highest BCUT2D eigenvalue weighted by molar-refractivity contribution is 5.77. The van der Waals surface area contributed by atoms with Crippen LogP contribution in [0, 0.1) is 5.41 Å². The molecule has 0 aromatic rings. The van der Waals surface area contributed by atoms with Crippen LogP contribution in [0.2, 0.25) is 0 Å². The molecular formula is C12H18O. The second-order valence-electron chi connectivity index (χ2n) is 4.22. The van der Waals surface area contributed by atoms with E-state index >= 15 is 0 Å². The van der Waals surface area contributed by atoms with Crippen molar-refractivity contribution < 1.29 is 4.79 Å². The monoisotopic (exact) mass is 178 g/mol. The number of allylic oxidation sites excluding steroid dienone is 3. The summed E-state index contributed by atoms with van der Waals surface area (Å²) in [7, 11) is 0. The van der Waals surface area contributed by atoms with Gasteiger partial charge in [0.25, 0.3) is 0 Å². The van der Waals surface area contributed by atoms with Gasteiger partial charge in [0.1, 0.15) is 6.29 Å². The summed E-state index contributed by atoms with van der Waals surface area (Å²) in [4.78, 5) is 11.0. The first-order valence-electron chi connectivity index (χ1n) is 4.90. The molecule has 1 aliphatic rings. The minimum absolute atomic E-state index is 0.0613. The normalized spacial score (nSPS) is 28.8. The fraction of sp³-hybridized carbons (Fsp3) is 0.583. The predicted molar refractivity (Wildman–Crippen MR) is 55.5 cm³/mol. The van der Waals surface area contributed by atoms with E-state index in [1.807, 2.05) is 6.08 Å². The summed E-state index contributed by atoms with van der Waals surface area (Å²) in [5, 5.41) is 0. The summed E-state index contributed by atoms with van der Waals surface area (Å²) in [6.45, 7) is 8.00. The van der Waals surface area contributed by atoms with Crippen molar-refractivity contribution in [1.29, 1.82) is 0 Å². The van der Waals surface area contributed by atoms with Crippen molar-refractivity contribution in [2.75, 3.05) is 0 Å². The molecular weight excluding hydrogens is 160 g/mol. The summed E-state index contributed by atoms with van der Waals surface area (Å²) in [5.74, 6) is 0. The quantitative estimate of drug-likeness (QED) is 0.479.